The number of benzene rings is 1. The van der Waals surface area contributed by atoms with Gasteiger partial charge >= 0.3 is 155 Å². The molecular weight excluding hydrogens is 508 g/mol. The number of nitrogens with one attached hydrogen (secondary N) is 1. The molecule has 0 radical (unpaired) electrons. The predicted octanol–water partition coefficient (Wildman–Crippen LogP) is 0.700. The molecule has 3 heterocycles. The van der Waals surface area contributed by atoms with Gasteiger partial charge in [-0.3, -0.25) is 0 Å². The van der Waals surface area contributed by atoms with E-state index in [0.717, 1.165) is 42.4 Å². The van der Waals surface area contributed by atoms with Crippen LogP contribution in [0, 0.1) is 0 Å². The Morgan fingerprint density at radius 3 is 2.73 bits per heavy atom. The Morgan fingerprint density at radius 1 is 1.45 bits per heavy atom. The normalized spacial score (nSPS) is 27.1. The van der Waals surface area contributed by atoms with E-state index in [2.05, 4.69) is 32.2 Å². The van der Waals surface area contributed by atoms with E-state index in [1.807, 2.05) is 19.1 Å². The maximum atomic E-state index is 12.8. The first-order valence-electron chi connectivity index (χ1n) is 7.64. The molecule has 1 saturated carbocycles. The van der Waals surface area contributed by atoms with Gasteiger partial charge in [-0.1, -0.05) is 0 Å². The Labute approximate surface area is 153 Å². The van der Waals surface area contributed by atoms with Crippen LogP contribution < -0.4 is 25.0 Å². The summed E-state index contributed by atoms with van der Waals surface area (Å²) in [5.41, 5.74) is 2.33. The number of halogens is 2. The molecule has 0 aromatic carbocycles. The number of rotatable bonds is 4. The van der Waals surface area contributed by atoms with Crippen molar-refractivity contribution in [1.29, 1.82) is 0 Å². The van der Waals surface area contributed by atoms with Crippen molar-refractivity contribution in [3.05, 3.63) is 23.8 Å². The molecule has 2 aliphatic rings. The van der Waals surface area contributed by atoms with Crippen LogP contribution >= 0.6 is 22.6 Å². The van der Waals surface area contributed by atoms with Crippen LogP contribution in [0.1, 0.15) is 44.6 Å². The Kier molecular flexibility index (Phi) is 3.84. The molecule has 0 spiro atoms. The Bertz CT molecular complexity index is 686. The summed E-state index contributed by atoms with van der Waals surface area (Å²) in [6, 6.07) is 6.02. The molecule has 2 fully saturated rings. The number of hydrogen-bond acceptors (Lipinski definition) is 4. The third kappa shape index (κ3) is 2.54. The Hall–Kier alpha value is -0.0900. The van der Waals surface area contributed by atoms with Crippen molar-refractivity contribution in [2.24, 2.45) is 0 Å². The van der Waals surface area contributed by atoms with Crippen molar-refractivity contribution in [2.45, 2.75) is 52.1 Å². The van der Waals surface area contributed by atoms with Gasteiger partial charge in [0.1, 0.15) is 0 Å². The zero-order valence-corrected chi connectivity index (χ0v) is 16.6. The van der Waals surface area contributed by atoms with E-state index in [-0.39, 0.29) is 27.4 Å². The zero-order valence-electron chi connectivity index (χ0n) is 12.3. The molecule has 1 saturated heterocycles. The van der Waals surface area contributed by atoms with Crippen LogP contribution in [0.3, 0.4) is 0 Å². The zero-order chi connectivity index (χ0) is 15.4. The molecule has 1 aliphatic heterocycles. The second-order valence-electron chi connectivity index (χ2n) is 6.36. The molecule has 22 heavy (non-hydrogen) atoms. The summed E-state index contributed by atoms with van der Waals surface area (Å²) in [4.78, 5) is 12.8. The van der Waals surface area contributed by atoms with E-state index in [1.165, 1.54) is 6.42 Å². The molecule has 2 atom stereocenters. The summed E-state index contributed by atoms with van der Waals surface area (Å²) >= 11 is 2.23. The summed E-state index contributed by atoms with van der Waals surface area (Å²) in [7, 11) is 0. The van der Waals surface area contributed by atoms with Crippen LogP contribution in [0.2, 0.25) is 0 Å². The molecule has 2 aromatic heterocycles. The van der Waals surface area contributed by atoms with Crippen LogP contribution in [0.15, 0.2) is 22.6 Å². The van der Waals surface area contributed by atoms with Crippen molar-refractivity contribution >= 4 is 39.7 Å². The molecule has 6 heteroatoms. The van der Waals surface area contributed by atoms with Crippen LogP contribution in [0.4, 0.5) is 0 Å². The standard InChI is InChI=1S/C16H18I2NO3/c1-15(17,13-18-19-13)14(20)22-16(7-3-2-4-8-16)11-9-10-5-6-12(11)21-10/h5-6,9,13,19H,2-4,7-8H2,1H3/q-1. The quantitative estimate of drug-likeness (QED) is 0.159. The van der Waals surface area contributed by atoms with Gasteiger partial charge in [-0.15, -0.1) is 0 Å². The van der Waals surface area contributed by atoms with E-state index in [1.54, 1.807) is 0 Å². The van der Waals surface area contributed by atoms with Crippen LogP contribution in [0.25, 0.3) is 11.2 Å². The number of fused-ring (bicyclic) bond motifs is 2. The molecule has 1 aliphatic carbocycles. The molecule has 0 amide bonds. The van der Waals surface area contributed by atoms with Crippen molar-refractivity contribution in [3.63, 3.8) is 0 Å². The van der Waals surface area contributed by atoms with Gasteiger partial charge in [0.2, 0.25) is 0 Å². The molecule has 2 bridgehead atoms. The summed E-state index contributed by atoms with van der Waals surface area (Å²) in [5, 5.41) is 0. The third-order valence-corrected chi connectivity index (χ3v) is 9.46. The number of carbonyl (C=O) groups excluding carboxylic acids is 1. The van der Waals surface area contributed by atoms with Crippen molar-refractivity contribution in [1.82, 2.24) is 3.53 Å². The van der Waals surface area contributed by atoms with Gasteiger partial charge in [-0.25, -0.2) is 0 Å². The monoisotopic (exact) mass is 526 g/mol. The van der Waals surface area contributed by atoms with E-state index in [0.29, 0.717) is 4.05 Å². The molecular formula is C16H18I2NO3-. The SMILES string of the molecule is CC(I)(C(=O)OC1(c2cc3ccc2o3)CCCCC1)C1N[I-]1. The summed E-state index contributed by atoms with van der Waals surface area (Å²) in [6.45, 7) is 1.99. The van der Waals surface area contributed by atoms with Crippen molar-refractivity contribution < 1.29 is 35.4 Å². The number of hydrogen-bond donors (Lipinski definition) is 1. The fourth-order valence-corrected chi connectivity index (χ4v) is 6.60. The van der Waals surface area contributed by atoms with E-state index in [4.69, 9.17) is 9.15 Å². The molecule has 120 valence electrons. The number of carbonyl (C=O) groups is 1. The fourth-order valence-electron chi connectivity index (χ4n) is 3.31. The van der Waals surface area contributed by atoms with E-state index < -0.39 is 9.02 Å². The van der Waals surface area contributed by atoms with E-state index in [9.17, 15) is 4.79 Å². The minimum absolute atomic E-state index is 0.0251. The van der Waals surface area contributed by atoms with Crippen LogP contribution in [0.5, 0.6) is 0 Å². The fraction of sp³-hybridized carbons (Fsp3) is 0.562. The first-order valence-corrected chi connectivity index (χ1v) is 11.0. The summed E-state index contributed by atoms with van der Waals surface area (Å²) in [5.74, 6) is -0.0806. The number of alkyl halides is 2. The minimum atomic E-state index is -0.489. The Balaban J connectivity index is 1.66. The van der Waals surface area contributed by atoms with Gasteiger partial charge in [-0.05, 0) is 0 Å². The predicted molar refractivity (Wildman–Crippen MR) is 87.6 cm³/mol. The Morgan fingerprint density at radius 2 is 2.18 bits per heavy atom. The van der Waals surface area contributed by atoms with Gasteiger partial charge < -0.3 is 0 Å². The van der Waals surface area contributed by atoms with Gasteiger partial charge in [0, 0.05) is 0 Å². The number of furan rings is 2. The van der Waals surface area contributed by atoms with E-state index >= 15 is 0 Å². The maximum absolute atomic E-state index is 12.8. The number of esters is 1. The van der Waals surface area contributed by atoms with Crippen LogP contribution in [-0.4, -0.2) is 13.4 Å². The van der Waals surface area contributed by atoms with Gasteiger partial charge in [-0.2, -0.15) is 0 Å². The molecule has 4 nitrogen and oxygen atoms in total. The topological polar surface area (TPSA) is 61.4 Å². The average molecular weight is 526 g/mol. The van der Waals surface area contributed by atoms with Crippen LogP contribution in [-0.2, 0) is 15.1 Å². The second kappa shape index (κ2) is 5.47. The summed E-state index contributed by atoms with van der Waals surface area (Å²) < 4.78 is 15.1. The van der Waals surface area contributed by atoms with Gasteiger partial charge in [0.05, 0.1) is 0 Å². The van der Waals surface area contributed by atoms with Crippen molar-refractivity contribution in [2.75, 3.05) is 0 Å². The van der Waals surface area contributed by atoms with Gasteiger partial charge in [0.25, 0.3) is 0 Å². The molecule has 1 N–H and O–H groups in total. The number of ether oxygens (including phenoxy) is 1. The average Bonchev–Trinajstić information content (AvgIpc) is 3.17. The summed E-state index contributed by atoms with van der Waals surface area (Å²) in [6.07, 6.45) is 5.22. The van der Waals surface area contributed by atoms with Crippen molar-refractivity contribution in [3.8, 4) is 0 Å². The second-order valence-corrected chi connectivity index (χ2v) is 11.1. The first kappa shape index (κ1) is 15.4. The first-order chi connectivity index (χ1) is 10.5. The molecule has 4 rings (SSSR count). The molecule has 2 unspecified atom stereocenters. The van der Waals surface area contributed by atoms with Gasteiger partial charge in [0.15, 0.2) is 0 Å². The third-order valence-electron chi connectivity index (χ3n) is 4.71. The molecule has 2 aromatic rings.